The van der Waals surface area contributed by atoms with Crippen LogP contribution in [-0.2, 0) is 19.1 Å². The van der Waals surface area contributed by atoms with Crippen LogP contribution in [0.2, 0.25) is 0 Å². The molecule has 1 amide bonds. The molecule has 2 rings (SSSR count). The third-order valence-electron chi connectivity index (χ3n) is 3.43. The fourth-order valence-electron chi connectivity index (χ4n) is 2.21. The Morgan fingerprint density at radius 2 is 1.71 bits per heavy atom. The molecule has 0 radical (unpaired) electrons. The van der Waals surface area contributed by atoms with Gasteiger partial charge in [0.05, 0.1) is 7.11 Å². The number of ether oxygens (including phenoxy) is 3. The van der Waals surface area contributed by atoms with Crippen molar-refractivity contribution in [3.8, 4) is 5.75 Å². The van der Waals surface area contributed by atoms with E-state index in [1.807, 2.05) is 0 Å². The molecule has 0 aromatic heterocycles. The van der Waals surface area contributed by atoms with Gasteiger partial charge in [0.15, 0.2) is 6.10 Å². The van der Waals surface area contributed by atoms with E-state index in [0.717, 1.165) is 7.11 Å². The van der Waals surface area contributed by atoms with Gasteiger partial charge in [-0.1, -0.05) is 0 Å². The molecule has 1 heterocycles. The number of nitrogens with one attached hydrogen (secondary N) is 1. The summed E-state index contributed by atoms with van der Waals surface area (Å²) in [6.07, 6.45) is -7.74. The molecular weight excluding hydrogens is 322 g/mol. The van der Waals surface area contributed by atoms with Crippen molar-refractivity contribution in [3.05, 3.63) is 24.3 Å². The Bertz CT molecular complexity index is 590. The van der Waals surface area contributed by atoms with Crippen LogP contribution < -0.4 is 10.1 Å². The van der Waals surface area contributed by atoms with E-state index in [-0.39, 0.29) is 11.7 Å². The number of aliphatic hydroxyl groups excluding tert-OH is 3. The molecule has 1 aromatic carbocycles. The van der Waals surface area contributed by atoms with Gasteiger partial charge in [-0.15, -0.1) is 0 Å². The SMILES string of the molecule is COC(=O)[C@H]1O[C@@H](Oc2ccc(NC(C)=O)cc2)[C@H](O)[C@@H](O)[C@@H]1O. The zero-order chi connectivity index (χ0) is 17.9. The van der Waals surface area contributed by atoms with Gasteiger partial charge in [-0.25, -0.2) is 4.79 Å². The molecule has 0 aliphatic carbocycles. The molecule has 132 valence electrons. The summed E-state index contributed by atoms with van der Waals surface area (Å²) in [7, 11) is 1.10. The maximum absolute atomic E-state index is 11.6. The van der Waals surface area contributed by atoms with Gasteiger partial charge in [0.2, 0.25) is 12.2 Å². The van der Waals surface area contributed by atoms with Crippen LogP contribution in [0, 0.1) is 0 Å². The highest BCUT2D eigenvalue weighted by Crippen LogP contribution is 2.25. The van der Waals surface area contributed by atoms with Crippen molar-refractivity contribution in [1.29, 1.82) is 0 Å². The van der Waals surface area contributed by atoms with E-state index in [1.54, 1.807) is 12.1 Å². The maximum Gasteiger partial charge on any atom is 0.337 e. The van der Waals surface area contributed by atoms with E-state index >= 15 is 0 Å². The number of hydrogen-bond acceptors (Lipinski definition) is 8. The van der Waals surface area contributed by atoms with Gasteiger partial charge in [-0.2, -0.15) is 0 Å². The zero-order valence-corrected chi connectivity index (χ0v) is 13.1. The lowest BCUT2D eigenvalue weighted by atomic mass is 9.99. The molecule has 24 heavy (non-hydrogen) atoms. The highest BCUT2D eigenvalue weighted by Gasteiger charge is 2.48. The summed E-state index contributed by atoms with van der Waals surface area (Å²) in [5.41, 5.74) is 0.544. The lowest BCUT2D eigenvalue weighted by Gasteiger charge is -2.38. The number of carbonyl (C=O) groups is 2. The largest absolute Gasteiger partial charge is 0.467 e. The molecule has 5 atom stereocenters. The minimum atomic E-state index is -1.65. The van der Waals surface area contributed by atoms with Crippen LogP contribution in [0.3, 0.4) is 0 Å². The highest BCUT2D eigenvalue weighted by molar-refractivity contribution is 5.88. The smallest absolute Gasteiger partial charge is 0.337 e. The fourth-order valence-corrected chi connectivity index (χ4v) is 2.21. The van der Waals surface area contributed by atoms with E-state index in [4.69, 9.17) is 9.47 Å². The third kappa shape index (κ3) is 4.01. The Hall–Kier alpha value is -2.20. The number of methoxy groups -OCH3 is 1. The van der Waals surface area contributed by atoms with Crippen molar-refractivity contribution in [3.63, 3.8) is 0 Å². The van der Waals surface area contributed by atoms with Crippen LogP contribution in [0.4, 0.5) is 5.69 Å². The van der Waals surface area contributed by atoms with E-state index < -0.39 is 36.7 Å². The highest BCUT2D eigenvalue weighted by atomic mass is 16.7. The minimum Gasteiger partial charge on any atom is -0.467 e. The maximum atomic E-state index is 11.6. The van der Waals surface area contributed by atoms with Crippen molar-refractivity contribution in [2.75, 3.05) is 12.4 Å². The van der Waals surface area contributed by atoms with Crippen LogP contribution in [0.25, 0.3) is 0 Å². The molecule has 9 nitrogen and oxygen atoms in total. The van der Waals surface area contributed by atoms with Gasteiger partial charge >= 0.3 is 5.97 Å². The van der Waals surface area contributed by atoms with E-state index in [0.29, 0.717) is 5.69 Å². The van der Waals surface area contributed by atoms with Crippen molar-refractivity contribution in [2.24, 2.45) is 0 Å². The summed E-state index contributed by atoms with van der Waals surface area (Å²) in [5.74, 6) is -0.865. The predicted octanol–water partition coefficient (Wildman–Crippen LogP) is -0.996. The average Bonchev–Trinajstić information content (AvgIpc) is 2.56. The summed E-state index contributed by atoms with van der Waals surface area (Å²) in [6, 6.07) is 6.14. The number of rotatable bonds is 4. The van der Waals surface area contributed by atoms with Gasteiger partial charge in [-0.05, 0) is 24.3 Å². The van der Waals surface area contributed by atoms with Gasteiger partial charge in [-0.3, -0.25) is 4.79 Å². The van der Waals surface area contributed by atoms with Crippen LogP contribution in [0.15, 0.2) is 24.3 Å². The molecule has 1 aliphatic rings. The number of carbonyl (C=O) groups excluding carboxylic acids is 2. The Kier molecular flexibility index (Phi) is 5.73. The lowest BCUT2D eigenvalue weighted by molar-refractivity contribution is -0.271. The monoisotopic (exact) mass is 341 g/mol. The van der Waals surface area contributed by atoms with Gasteiger partial charge in [0.25, 0.3) is 0 Å². The van der Waals surface area contributed by atoms with E-state index in [2.05, 4.69) is 10.1 Å². The van der Waals surface area contributed by atoms with Crippen LogP contribution in [0.1, 0.15) is 6.92 Å². The second kappa shape index (κ2) is 7.58. The normalized spacial score (nSPS) is 29.6. The first kappa shape index (κ1) is 18.1. The topological polar surface area (TPSA) is 135 Å². The van der Waals surface area contributed by atoms with Crippen LogP contribution in [0.5, 0.6) is 5.75 Å². The lowest BCUT2D eigenvalue weighted by Crippen LogP contribution is -2.61. The predicted molar refractivity (Wildman–Crippen MR) is 80.1 cm³/mol. The second-order valence-corrected chi connectivity index (χ2v) is 5.24. The first-order chi connectivity index (χ1) is 11.3. The number of esters is 1. The molecule has 0 unspecified atom stereocenters. The van der Waals surface area contributed by atoms with Crippen LogP contribution >= 0.6 is 0 Å². The summed E-state index contributed by atoms with van der Waals surface area (Å²) in [4.78, 5) is 22.5. The molecule has 9 heteroatoms. The summed E-state index contributed by atoms with van der Waals surface area (Å²) < 4.78 is 15.1. The standard InChI is InChI=1S/C15H19NO8/c1-7(17)16-8-3-5-9(6-4-8)23-15-12(20)10(18)11(19)13(24-15)14(21)22-2/h3-6,10-13,15,18-20H,1-2H3,(H,16,17)/t10-,11-,12+,13-,15+/m0/s1. The molecular formula is C15H19NO8. The van der Waals surface area contributed by atoms with Crippen molar-refractivity contribution >= 4 is 17.6 Å². The first-order valence-corrected chi connectivity index (χ1v) is 7.15. The quantitative estimate of drug-likeness (QED) is 0.513. The van der Waals surface area contributed by atoms with E-state index in [1.165, 1.54) is 19.1 Å². The molecule has 1 saturated heterocycles. The molecule has 0 spiro atoms. The number of benzene rings is 1. The Balaban J connectivity index is 2.09. The van der Waals surface area contributed by atoms with E-state index in [9.17, 15) is 24.9 Å². The number of amides is 1. The first-order valence-electron chi connectivity index (χ1n) is 7.15. The molecule has 1 fully saturated rings. The molecule has 4 N–H and O–H groups in total. The molecule has 0 saturated carbocycles. The second-order valence-electron chi connectivity index (χ2n) is 5.24. The fraction of sp³-hybridized carbons (Fsp3) is 0.467. The number of anilines is 1. The third-order valence-corrected chi connectivity index (χ3v) is 3.43. The summed E-state index contributed by atoms with van der Waals surface area (Å²) >= 11 is 0. The summed E-state index contributed by atoms with van der Waals surface area (Å²) in [5, 5.41) is 32.1. The molecule has 1 aromatic rings. The van der Waals surface area contributed by atoms with Gasteiger partial charge in [0.1, 0.15) is 24.1 Å². The van der Waals surface area contributed by atoms with Crippen molar-refractivity contribution in [2.45, 2.75) is 37.6 Å². The van der Waals surface area contributed by atoms with Crippen LogP contribution in [-0.4, -0.2) is 65.0 Å². The number of aliphatic hydroxyl groups is 3. The van der Waals surface area contributed by atoms with Crippen molar-refractivity contribution < 1.29 is 39.1 Å². The molecule has 0 bridgehead atoms. The Labute approximate surface area is 137 Å². The zero-order valence-electron chi connectivity index (χ0n) is 13.1. The summed E-state index contributed by atoms with van der Waals surface area (Å²) in [6.45, 7) is 1.37. The van der Waals surface area contributed by atoms with Gasteiger partial charge in [0, 0.05) is 12.6 Å². The Morgan fingerprint density at radius 1 is 1.08 bits per heavy atom. The van der Waals surface area contributed by atoms with Gasteiger partial charge < -0.3 is 34.8 Å². The number of hydrogen-bond donors (Lipinski definition) is 4. The Morgan fingerprint density at radius 3 is 2.25 bits per heavy atom. The molecule has 1 aliphatic heterocycles. The van der Waals surface area contributed by atoms with Crippen molar-refractivity contribution in [1.82, 2.24) is 0 Å². The minimum absolute atomic E-state index is 0.229. The average molecular weight is 341 g/mol.